The highest BCUT2D eigenvalue weighted by molar-refractivity contribution is 6.42. The van der Waals surface area contributed by atoms with Gasteiger partial charge >= 0.3 is 0 Å². The van der Waals surface area contributed by atoms with E-state index in [1.54, 1.807) is 12.4 Å². The Kier molecular flexibility index (Phi) is 5.52. The number of amidine groups is 1. The second kappa shape index (κ2) is 10.1. The lowest BCUT2D eigenvalue weighted by Crippen LogP contribution is -2.26. The SMILES string of the molecule is N=C1/C(=C2\C(=N)N(c3ccccc3)c3ccncc32)N(c2ccc3c(c2)C2(c4ccccc4-c4ccccc42)c2ccccc2-3)c2cccnc21. The molecule has 51 heavy (non-hydrogen) atoms. The molecule has 238 valence electrons. The number of fused-ring (bicyclic) bond motifs is 12. The number of benzene rings is 5. The van der Waals surface area contributed by atoms with E-state index in [0.29, 0.717) is 22.8 Å². The van der Waals surface area contributed by atoms with Crippen molar-refractivity contribution in [1.29, 1.82) is 10.8 Å². The van der Waals surface area contributed by atoms with Crippen LogP contribution in [0, 0.1) is 10.8 Å². The van der Waals surface area contributed by atoms with Gasteiger partial charge < -0.3 is 4.90 Å². The van der Waals surface area contributed by atoms with E-state index in [2.05, 4.69) is 101 Å². The molecule has 0 saturated carbocycles. The zero-order valence-corrected chi connectivity index (χ0v) is 27.3. The maximum atomic E-state index is 9.70. The number of rotatable bonds is 2. The molecule has 11 rings (SSSR count). The van der Waals surface area contributed by atoms with Gasteiger partial charge in [-0.05, 0) is 87.0 Å². The molecule has 2 aliphatic carbocycles. The van der Waals surface area contributed by atoms with Crippen molar-refractivity contribution in [3.63, 3.8) is 0 Å². The fraction of sp³-hybridized carbons (Fsp3) is 0.0222. The molecule has 0 radical (unpaired) electrons. The molecular formula is C45H28N6. The van der Waals surface area contributed by atoms with Crippen LogP contribution >= 0.6 is 0 Å². The second-order valence-electron chi connectivity index (χ2n) is 13.3. The van der Waals surface area contributed by atoms with Gasteiger partial charge in [0.1, 0.15) is 17.2 Å². The lowest BCUT2D eigenvalue weighted by molar-refractivity contribution is 0.793. The number of pyridine rings is 2. The van der Waals surface area contributed by atoms with Gasteiger partial charge in [-0.3, -0.25) is 25.7 Å². The van der Waals surface area contributed by atoms with Gasteiger partial charge in [0.2, 0.25) is 0 Å². The van der Waals surface area contributed by atoms with Crippen LogP contribution in [-0.2, 0) is 5.41 Å². The molecule has 0 amide bonds. The Balaban J connectivity index is 1.20. The number of hydrogen-bond donors (Lipinski definition) is 2. The van der Waals surface area contributed by atoms with Crippen LogP contribution in [-0.4, -0.2) is 21.5 Å². The first-order valence-corrected chi connectivity index (χ1v) is 17.1. The topological polar surface area (TPSA) is 80.0 Å². The molecule has 0 unspecified atom stereocenters. The van der Waals surface area contributed by atoms with Crippen molar-refractivity contribution in [3.05, 3.63) is 197 Å². The molecular weight excluding hydrogens is 625 g/mol. The Bertz CT molecular complexity index is 2650. The Hall–Kier alpha value is -6.92. The highest BCUT2D eigenvalue weighted by Gasteiger charge is 2.52. The minimum atomic E-state index is -0.506. The van der Waals surface area contributed by atoms with Crippen molar-refractivity contribution in [3.8, 4) is 22.3 Å². The predicted molar refractivity (Wildman–Crippen MR) is 203 cm³/mol. The quantitative estimate of drug-likeness (QED) is 0.195. The number of aromatic nitrogens is 2. The van der Waals surface area contributed by atoms with Crippen LogP contribution in [0.25, 0.3) is 27.8 Å². The molecule has 1 spiro atoms. The third kappa shape index (κ3) is 3.45. The van der Waals surface area contributed by atoms with E-state index in [9.17, 15) is 10.8 Å². The van der Waals surface area contributed by atoms with E-state index in [0.717, 1.165) is 28.3 Å². The normalized spacial score (nSPS) is 16.9. The first kappa shape index (κ1) is 28.0. The van der Waals surface area contributed by atoms with Gasteiger partial charge in [0, 0.05) is 35.5 Å². The summed E-state index contributed by atoms with van der Waals surface area (Å²) in [6.45, 7) is 0. The van der Waals surface area contributed by atoms with Crippen LogP contribution in [0.5, 0.6) is 0 Å². The van der Waals surface area contributed by atoms with Crippen LogP contribution in [0.3, 0.4) is 0 Å². The Morgan fingerprint density at radius 1 is 0.490 bits per heavy atom. The van der Waals surface area contributed by atoms with E-state index in [-0.39, 0.29) is 5.71 Å². The summed E-state index contributed by atoms with van der Waals surface area (Å²) in [5, 5.41) is 19.3. The van der Waals surface area contributed by atoms with E-state index in [1.807, 2.05) is 59.6 Å². The van der Waals surface area contributed by atoms with E-state index < -0.39 is 5.41 Å². The third-order valence-corrected chi connectivity index (χ3v) is 11.0. The van der Waals surface area contributed by atoms with Crippen LogP contribution < -0.4 is 9.80 Å². The van der Waals surface area contributed by atoms with Gasteiger partial charge in [0.15, 0.2) is 0 Å². The number of para-hydroxylation sites is 1. The van der Waals surface area contributed by atoms with Crippen molar-refractivity contribution in [2.75, 3.05) is 9.80 Å². The van der Waals surface area contributed by atoms with Crippen LogP contribution in [0.1, 0.15) is 33.5 Å². The van der Waals surface area contributed by atoms with Gasteiger partial charge in [0.25, 0.3) is 0 Å². The number of anilines is 4. The Labute approximate surface area is 294 Å². The lowest BCUT2D eigenvalue weighted by Gasteiger charge is -2.31. The average Bonchev–Trinajstić information content (AvgIpc) is 3.86. The summed E-state index contributed by atoms with van der Waals surface area (Å²) in [7, 11) is 0. The fourth-order valence-corrected chi connectivity index (χ4v) is 9.06. The highest BCUT2D eigenvalue weighted by Crippen LogP contribution is 2.63. The molecule has 7 aromatic rings. The van der Waals surface area contributed by atoms with Gasteiger partial charge in [-0.25, -0.2) is 0 Å². The van der Waals surface area contributed by atoms with Crippen LogP contribution in [0.2, 0.25) is 0 Å². The molecule has 2 aliphatic heterocycles. The summed E-state index contributed by atoms with van der Waals surface area (Å²) in [5.41, 5.74) is 15.9. The molecule has 6 heteroatoms. The van der Waals surface area contributed by atoms with Crippen molar-refractivity contribution < 1.29 is 0 Å². The molecule has 2 aromatic heterocycles. The summed E-state index contributed by atoms with van der Waals surface area (Å²) in [6.07, 6.45) is 5.32. The molecule has 4 aliphatic rings. The van der Waals surface area contributed by atoms with Crippen molar-refractivity contribution in [2.45, 2.75) is 5.41 Å². The summed E-state index contributed by atoms with van der Waals surface area (Å²) in [6, 6.07) is 49.0. The molecule has 0 bridgehead atoms. The number of allylic oxidation sites excluding steroid dienone is 1. The standard InChI is InChI=1S/C45H28N6/c46-41-42-39(19-10-23-49-42)50(43(41)40-33-26-48-24-22-38(33)51(44(40)47)27-11-2-1-3-12-27)28-20-21-32-31-15-6-9-18-36(31)45(37(32)25-28)34-16-7-4-13-29(34)30-14-5-8-17-35(30)45/h1-26,46-47H/b43-40+,46-41?,47-44?. The first-order valence-electron chi connectivity index (χ1n) is 17.1. The Morgan fingerprint density at radius 2 is 1.12 bits per heavy atom. The molecule has 0 atom stereocenters. The zero-order chi connectivity index (χ0) is 33.8. The van der Waals surface area contributed by atoms with Crippen molar-refractivity contribution >= 4 is 39.9 Å². The Morgan fingerprint density at radius 3 is 1.80 bits per heavy atom. The summed E-state index contributed by atoms with van der Waals surface area (Å²) in [4.78, 5) is 13.3. The average molecular weight is 653 g/mol. The van der Waals surface area contributed by atoms with E-state index >= 15 is 0 Å². The smallest absolute Gasteiger partial charge is 0.140 e. The van der Waals surface area contributed by atoms with Crippen LogP contribution in [0.15, 0.2) is 164 Å². The maximum Gasteiger partial charge on any atom is 0.140 e. The summed E-state index contributed by atoms with van der Waals surface area (Å²) < 4.78 is 0. The number of nitrogens with zero attached hydrogens (tertiary/aromatic N) is 4. The van der Waals surface area contributed by atoms with Gasteiger partial charge in [0.05, 0.1) is 28.1 Å². The van der Waals surface area contributed by atoms with E-state index in [1.165, 1.54) is 44.5 Å². The summed E-state index contributed by atoms with van der Waals surface area (Å²) >= 11 is 0. The predicted octanol–water partition coefficient (Wildman–Crippen LogP) is 9.88. The largest absolute Gasteiger partial charge is 0.305 e. The highest BCUT2D eigenvalue weighted by atomic mass is 15.2. The first-order chi connectivity index (χ1) is 25.2. The van der Waals surface area contributed by atoms with Crippen molar-refractivity contribution in [1.82, 2.24) is 9.97 Å². The molecule has 0 fully saturated rings. The van der Waals surface area contributed by atoms with Crippen LogP contribution in [0.4, 0.5) is 22.7 Å². The lowest BCUT2D eigenvalue weighted by atomic mass is 9.70. The minimum absolute atomic E-state index is 0.283. The molecule has 6 nitrogen and oxygen atoms in total. The monoisotopic (exact) mass is 652 g/mol. The minimum Gasteiger partial charge on any atom is -0.305 e. The van der Waals surface area contributed by atoms with Crippen molar-refractivity contribution in [2.24, 2.45) is 0 Å². The zero-order valence-electron chi connectivity index (χ0n) is 27.3. The van der Waals surface area contributed by atoms with Gasteiger partial charge in [-0.2, -0.15) is 0 Å². The third-order valence-electron chi connectivity index (χ3n) is 11.0. The maximum absolute atomic E-state index is 9.70. The molecule has 4 heterocycles. The fourth-order valence-electron chi connectivity index (χ4n) is 9.06. The molecule has 2 N–H and O–H groups in total. The number of nitrogens with one attached hydrogen (secondary N) is 2. The molecule has 0 saturated heterocycles. The second-order valence-corrected chi connectivity index (χ2v) is 13.3. The van der Waals surface area contributed by atoms with Gasteiger partial charge in [-0.1, -0.05) is 97.1 Å². The van der Waals surface area contributed by atoms with E-state index in [4.69, 9.17) is 4.98 Å². The number of hydrogen-bond acceptors (Lipinski definition) is 5. The van der Waals surface area contributed by atoms with Gasteiger partial charge in [-0.15, -0.1) is 0 Å². The molecule has 5 aromatic carbocycles. The summed E-state index contributed by atoms with van der Waals surface area (Å²) in [5.74, 6) is 0.297.